The third-order valence-electron chi connectivity index (χ3n) is 5.54. The first kappa shape index (κ1) is 20.6. The van der Waals surface area contributed by atoms with Gasteiger partial charge in [0.25, 0.3) is 5.91 Å². The summed E-state index contributed by atoms with van der Waals surface area (Å²) >= 11 is 0. The van der Waals surface area contributed by atoms with Gasteiger partial charge in [-0.25, -0.2) is 4.79 Å². The van der Waals surface area contributed by atoms with Crippen molar-refractivity contribution >= 4 is 17.6 Å². The van der Waals surface area contributed by atoms with Gasteiger partial charge in [0.05, 0.1) is 6.61 Å². The summed E-state index contributed by atoms with van der Waals surface area (Å²) in [5, 5.41) is 5.81. The van der Waals surface area contributed by atoms with Crippen molar-refractivity contribution in [3.05, 3.63) is 29.8 Å². The van der Waals surface area contributed by atoms with Crippen molar-refractivity contribution in [3.63, 3.8) is 0 Å². The molecule has 0 aromatic heterocycles. The molecule has 0 saturated carbocycles. The molecule has 0 bridgehead atoms. The summed E-state index contributed by atoms with van der Waals surface area (Å²) < 4.78 is 5.12. The molecule has 1 aromatic rings. The number of methoxy groups -OCH3 is 1. The number of nitrogens with zero attached hydrogens (tertiary/aromatic N) is 2. The number of carbonyl (C=O) groups is 2. The molecule has 0 aliphatic carbocycles. The SMILES string of the molecule is COCCN1CCC(CNC(=O)Nc2cccc(C(=O)N3CCCCC3)c2)C1. The van der Waals surface area contributed by atoms with Gasteiger partial charge in [-0.1, -0.05) is 6.07 Å². The number of amides is 3. The van der Waals surface area contributed by atoms with Gasteiger partial charge in [-0.05, 0) is 56.3 Å². The maximum Gasteiger partial charge on any atom is 0.319 e. The zero-order valence-corrected chi connectivity index (χ0v) is 16.8. The predicted octanol–water partition coefficient (Wildman–Crippen LogP) is 2.40. The van der Waals surface area contributed by atoms with Crippen LogP contribution in [0.5, 0.6) is 0 Å². The van der Waals surface area contributed by atoms with Gasteiger partial charge in [0.15, 0.2) is 0 Å². The van der Waals surface area contributed by atoms with E-state index in [0.717, 1.165) is 58.6 Å². The molecule has 2 fully saturated rings. The maximum absolute atomic E-state index is 12.6. The van der Waals surface area contributed by atoms with E-state index in [9.17, 15) is 9.59 Å². The zero-order valence-electron chi connectivity index (χ0n) is 16.8. The van der Waals surface area contributed by atoms with E-state index >= 15 is 0 Å². The van der Waals surface area contributed by atoms with E-state index in [2.05, 4.69) is 15.5 Å². The molecule has 1 aromatic carbocycles. The molecule has 154 valence electrons. The number of hydrogen-bond acceptors (Lipinski definition) is 4. The summed E-state index contributed by atoms with van der Waals surface area (Å²) in [5.74, 6) is 0.514. The fourth-order valence-electron chi connectivity index (χ4n) is 3.92. The van der Waals surface area contributed by atoms with Gasteiger partial charge in [-0.15, -0.1) is 0 Å². The van der Waals surface area contributed by atoms with E-state index in [1.807, 2.05) is 23.1 Å². The fraction of sp³-hybridized carbons (Fsp3) is 0.619. The molecule has 2 aliphatic rings. The molecule has 2 N–H and O–H groups in total. The molecule has 1 unspecified atom stereocenters. The second-order valence-electron chi connectivity index (χ2n) is 7.72. The van der Waals surface area contributed by atoms with Crippen LogP contribution >= 0.6 is 0 Å². The van der Waals surface area contributed by atoms with Gasteiger partial charge in [-0.3, -0.25) is 4.79 Å². The van der Waals surface area contributed by atoms with Crippen LogP contribution in [0.25, 0.3) is 0 Å². The Balaban J connectivity index is 1.45. The number of nitrogens with one attached hydrogen (secondary N) is 2. The lowest BCUT2D eigenvalue weighted by atomic mass is 10.1. The van der Waals surface area contributed by atoms with Crippen LogP contribution in [0.1, 0.15) is 36.0 Å². The van der Waals surface area contributed by atoms with E-state index < -0.39 is 0 Å². The number of ether oxygens (including phenoxy) is 1. The topological polar surface area (TPSA) is 73.9 Å². The molecule has 3 rings (SSSR count). The van der Waals surface area contributed by atoms with Crippen molar-refractivity contribution in [2.45, 2.75) is 25.7 Å². The van der Waals surface area contributed by atoms with Crippen molar-refractivity contribution < 1.29 is 14.3 Å². The van der Waals surface area contributed by atoms with Crippen LogP contribution in [0.15, 0.2) is 24.3 Å². The Bertz CT molecular complexity index is 661. The summed E-state index contributed by atoms with van der Waals surface area (Å²) in [7, 11) is 1.72. The lowest BCUT2D eigenvalue weighted by Crippen LogP contribution is -2.36. The highest BCUT2D eigenvalue weighted by molar-refractivity contribution is 5.97. The van der Waals surface area contributed by atoms with Gasteiger partial charge >= 0.3 is 6.03 Å². The Kier molecular flexibility index (Phi) is 7.68. The molecule has 7 nitrogen and oxygen atoms in total. The number of hydrogen-bond donors (Lipinski definition) is 2. The van der Waals surface area contributed by atoms with Crippen LogP contribution in [0.3, 0.4) is 0 Å². The molecule has 2 saturated heterocycles. The van der Waals surface area contributed by atoms with Crippen LogP contribution in [0, 0.1) is 5.92 Å². The Morgan fingerprint density at radius 3 is 2.79 bits per heavy atom. The van der Waals surface area contributed by atoms with E-state index in [4.69, 9.17) is 4.74 Å². The van der Waals surface area contributed by atoms with Crippen molar-refractivity contribution in [3.8, 4) is 0 Å². The van der Waals surface area contributed by atoms with Gasteiger partial charge in [0.2, 0.25) is 0 Å². The van der Waals surface area contributed by atoms with Gasteiger partial charge in [-0.2, -0.15) is 0 Å². The Labute approximate surface area is 167 Å². The minimum Gasteiger partial charge on any atom is -0.383 e. The molecule has 1 atom stereocenters. The second-order valence-corrected chi connectivity index (χ2v) is 7.72. The number of benzene rings is 1. The lowest BCUT2D eigenvalue weighted by molar-refractivity contribution is 0.0724. The zero-order chi connectivity index (χ0) is 19.8. The Morgan fingerprint density at radius 2 is 2.00 bits per heavy atom. The molecule has 7 heteroatoms. The number of urea groups is 1. The summed E-state index contributed by atoms with van der Waals surface area (Å²) in [5.41, 5.74) is 1.28. The number of carbonyl (C=O) groups excluding carboxylic acids is 2. The first-order chi connectivity index (χ1) is 13.7. The van der Waals surface area contributed by atoms with Gasteiger partial charge < -0.3 is 25.2 Å². The van der Waals surface area contributed by atoms with Crippen LogP contribution < -0.4 is 10.6 Å². The average Bonchev–Trinajstić information content (AvgIpc) is 3.19. The smallest absolute Gasteiger partial charge is 0.319 e. The van der Waals surface area contributed by atoms with Gasteiger partial charge in [0.1, 0.15) is 0 Å². The standard InChI is InChI=1S/C21H32N4O3/c1-28-13-12-24-11-8-17(16-24)15-22-21(27)23-19-7-5-6-18(14-19)20(26)25-9-3-2-4-10-25/h5-7,14,17H,2-4,8-13,15-16H2,1H3,(H2,22,23,27). The first-order valence-electron chi connectivity index (χ1n) is 10.3. The third-order valence-corrected chi connectivity index (χ3v) is 5.54. The monoisotopic (exact) mass is 388 g/mol. The summed E-state index contributed by atoms with van der Waals surface area (Å²) in [6, 6.07) is 6.98. The minimum absolute atomic E-state index is 0.0471. The highest BCUT2D eigenvalue weighted by atomic mass is 16.5. The quantitative estimate of drug-likeness (QED) is 0.752. The van der Waals surface area contributed by atoms with Crippen LogP contribution in [0.4, 0.5) is 10.5 Å². The number of piperidine rings is 1. The number of likely N-dealkylation sites (tertiary alicyclic amines) is 2. The van der Waals surface area contributed by atoms with Crippen LogP contribution in [0.2, 0.25) is 0 Å². The molecule has 0 spiro atoms. The minimum atomic E-state index is -0.224. The molecule has 2 aliphatic heterocycles. The highest BCUT2D eigenvalue weighted by Crippen LogP contribution is 2.17. The van der Waals surface area contributed by atoms with Crippen molar-refractivity contribution in [1.29, 1.82) is 0 Å². The van der Waals surface area contributed by atoms with Crippen molar-refractivity contribution in [2.24, 2.45) is 5.92 Å². The Hall–Kier alpha value is -2.12. The van der Waals surface area contributed by atoms with E-state index in [1.54, 1.807) is 13.2 Å². The fourth-order valence-corrected chi connectivity index (χ4v) is 3.92. The normalized spacial score (nSPS) is 20.2. The van der Waals surface area contributed by atoms with Crippen LogP contribution in [-0.4, -0.2) is 74.7 Å². The van der Waals surface area contributed by atoms with E-state index in [0.29, 0.717) is 23.7 Å². The lowest BCUT2D eigenvalue weighted by Gasteiger charge is -2.26. The largest absolute Gasteiger partial charge is 0.383 e. The molecule has 0 radical (unpaired) electrons. The van der Waals surface area contributed by atoms with Crippen LogP contribution in [-0.2, 0) is 4.74 Å². The summed E-state index contributed by atoms with van der Waals surface area (Å²) in [6.45, 7) is 6.02. The van der Waals surface area contributed by atoms with E-state index in [1.165, 1.54) is 6.42 Å². The van der Waals surface area contributed by atoms with Crippen molar-refractivity contribution in [1.82, 2.24) is 15.1 Å². The summed E-state index contributed by atoms with van der Waals surface area (Å²) in [6.07, 6.45) is 4.41. The number of rotatable bonds is 7. The predicted molar refractivity (Wildman–Crippen MR) is 110 cm³/mol. The Morgan fingerprint density at radius 1 is 1.18 bits per heavy atom. The van der Waals surface area contributed by atoms with Crippen molar-refractivity contribution in [2.75, 3.05) is 58.3 Å². The highest BCUT2D eigenvalue weighted by Gasteiger charge is 2.22. The molecule has 2 heterocycles. The third kappa shape index (κ3) is 5.94. The van der Waals surface area contributed by atoms with E-state index in [-0.39, 0.29) is 11.9 Å². The molecule has 28 heavy (non-hydrogen) atoms. The molecular weight excluding hydrogens is 356 g/mol. The number of anilines is 1. The first-order valence-corrected chi connectivity index (χ1v) is 10.3. The summed E-state index contributed by atoms with van der Waals surface area (Å²) in [4.78, 5) is 29.1. The molecule has 3 amide bonds. The molecular formula is C21H32N4O3. The average molecular weight is 389 g/mol. The maximum atomic E-state index is 12.6. The van der Waals surface area contributed by atoms with Gasteiger partial charge in [0, 0.05) is 51.1 Å². The second kappa shape index (κ2) is 10.4.